The number of aliphatic imine (C=N–C) groups is 1. The minimum absolute atomic E-state index is 0.767. The molecule has 0 aromatic heterocycles. The maximum Gasteiger partial charge on any atom is 0.0551 e. The molecule has 0 aromatic carbocycles. The zero-order valence-electron chi connectivity index (χ0n) is 4.35. The summed E-state index contributed by atoms with van der Waals surface area (Å²) in [5.41, 5.74) is 1.48. The van der Waals surface area contributed by atoms with Gasteiger partial charge in [0.15, 0.2) is 0 Å². The normalized spacial score (nSPS) is 36.6. The molecule has 38 valence electrons. The van der Waals surface area contributed by atoms with E-state index in [1.165, 1.54) is 31.4 Å². The fourth-order valence-electron chi connectivity index (χ4n) is 1.39. The lowest BCUT2D eigenvalue weighted by molar-refractivity contribution is 0.516. The van der Waals surface area contributed by atoms with Crippen molar-refractivity contribution in [2.75, 3.05) is 0 Å². The van der Waals surface area contributed by atoms with Gasteiger partial charge in [0.1, 0.15) is 0 Å². The van der Waals surface area contributed by atoms with Gasteiger partial charge in [-0.3, -0.25) is 4.99 Å². The third-order valence-corrected chi connectivity index (χ3v) is 1.84. The Morgan fingerprint density at radius 2 is 2.43 bits per heavy atom. The van der Waals surface area contributed by atoms with E-state index < -0.39 is 0 Å². The summed E-state index contributed by atoms with van der Waals surface area (Å²) in [4.78, 5) is 4.34. The van der Waals surface area contributed by atoms with Gasteiger partial charge in [0, 0.05) is 12.1 Å². The van der Waals surface area contributed by atoms with Gasteiger partial charge in [-0.2, -0.15) is 0 Å². The second-order valence-electron chi connectivity index (χ2n) is 2.45. The quantitative estimate of drug-likeness (QED) is 0.431. The van der Waals surface area contributed by atoms with Crippen molar-refractivity contribution >= 4 is 5.71 Å². The van der Waals surface area contributed by atoms with Crippen LogP contribution in [0.2, 0.25) is 0 Å². The van der Waals surface area contributed by atoms with Gasteiger partial charge in [0.05, 0.1) is 6.04 Å². The Bertz CT molecular complexity index is 115. The van der Waals surface area contributed by atoms with E-state index in [-0.39, 0.29) is 0 Å². The van der Waals surface area contributed by atoms with Crippen molar-refractivity contribution < 1.29 is 0 Å². The zero-order valence-corrected chi connectivity index (χ0v) is 4.35. The first-order valence-corrected chi connectivity index (χ1v) is 3.01. The molecule has 0 saturated heterocycles. The molecular formula is C6H9N. The third kappa shape index (κ3) is 0.409. The van der Waals surface area contributed by atoms with Crippen LogP contribution in [0.3, 0.4) is 0 Å². The van der Waals surface area contributed by atoms with Crippen LogP contribution in [0.4, 0.5) is 0 Å². The summed E-state index contributed by atoms with van der Waals surface area (Å²) >= 11 is 0. The number of rotatable bonds is 0. The molecule has 2 aliphatic heterocycles. The van der Waals surface area contributed by atoms with E-state index in [9.17, 15) is 0 Å². The first kappa shape index (κ1) is 3.65. The van der Waals surface area contributed by atoms with Crippen molar-refractivity contribution in [2.45, 2.75) is 31.7 Å². The fraction of sp³-hybridized carbons (Fsp3) is 0.833. The summed E-state index contributed by atoms with van der Waals surface area (Å²) in [6.07, 6.45) is 5.41. The first-order valence-electron chi connectivity index (χ1n) is 3.01. The van der Waals surface area contributed by atoms with Crippen molar-refractivity contribution in [1.82, 2.24) is 0 Å². The number of fused-ring (bicyclic) bond motifs is 2. The van der Waals surface area contributed by atoms with Gasteiger partial charge in [0.2, 0.25) is 0 Å². The van der Waals surface area contributed by atoms with Gasteiger partial charge < -0.3 is 0 Å². The molecular weight excluding hydrogens is 86.1 g/mol. The van der Waals surface area contributed by atoms with E-state index in [0.717, 1.165) is 6.04 Å². The Kier molecular flexibility index (Phi) is 0.566. The predicted molar refractivity (Wildman–Crippen MR) is 29.7 cm³/mol. The minimum Gasteiger partial charge on any atom is -0.290 e. The summed E-state index contributed by atoms with van der Waals surface area (Å²) in [7, 11) is 0. The van der Waals surface area contributed by atoms with Gasteiger partial charge in [-0.25, -0.2) is 0 Å². The molecule has 2 bridgehead atoms. The SMILES string of the molecule is C1CC2=NC(C1)C2. The van der Waals surface area contributed by atoms with Gasteiger partial charge in [-0.05, 0) is 19.3 Å². The van der Waals surface area contributed by atoms with Crippen LogP contribution in [0, 0.1) is 0 Å². The van der Waals surface area contributed by atoms with E-state index >= 15 is 0 Å². The highest BCUT2D eigenvalue weighted by Crippen LogP contribution is 2.27. The highest BCUT2D eigenvalue weighted by Gasteiger charge is 2.24. The van der Waals surface area contributed by atoms with Gasteiger partial charge in [-0.1, -0.05) is 0 Å². The average molecular weight is 95.1 g/mol. The van der Waals surface area contributed by atoms with Crippen molar-refractivity contribution in [1.29, 1.82) is 0 Å². The Morgan fingerprint density at radius 3 is 2.57 bits per heavy atom. The second kappa shape index (κ2) is 1.09. The molecule has 7 heavy (non-hydrogen) atoms. The Labute approximate surface area is 43.4 Å². The molecule has 1 heteroatoms. The van der Waals surface area contributed by atoms with Crippen LogP contribution >= 0.6 is 0 Å². The molecule has 3 rings (SSSR count). The van der Waals surface area contributed by atoms with Gasteiger partial charge >= 0.3 is 0 Å². The molecule has 3 aliphatic rings. The van der Waals surface area contributed by atoms with E-state index in [1.807, 2.05) is 0 Å². The molecule has 1 unspecified atom stereocenters. The number of nitrogens with zero attached hydrogens (tertiary/aromatic N) is 1. The molecule has 0 aromatic rings. The second-order valence-corrected chi connectivity index (χ2v) is 2.45. The van der Waals surface area contributed by atoms with Crippen LogP contribution in [-0.4, -0.2) is 11.8 Å². The number of hydrogen-bond donors (Lipinski definition) is 0. The maximum atomic E-state index is 4.34. The number of hydrogen-bond acceptors (Lipinski definition) is 1. The summed E-state index contributed by atoms with van der Waals surface area (Å²) in [5, 5.41) is 0. The maximum absolute atomic E-state index is 4.34. The van der Waals surface area contributed by atoms with Gasteiger partial charge in [-0.15, -0.1) is 0 Å². The smallest absolute Gasteiger partial charge is 0.0551 e. The molecule has 1 nitrogen and oxygen atoms in total. The van der Waals surface area contributed by atoms with Crippen molar-refractivity contribution in [3.05, 3.63) is 0 Å². The van der Waals surface area contributed by atoms with Crippen molar-refractivity contribution in [3.8, 4) is 0 Å². The van der Waals surface area contributed by atoms with Crippen molar-refractivity contribution in [2.24, 2.45) is 4.99 Å². The highest BCUT2D eigenvalue weighted by atomic mass is 14.9. The molecule has 1 atom stereocenters. The Morgan fingerprint density at radius 1 is 1.57 bits per heavy atom. The molecule has 0 amide bonds. The van der Waals surface area contributed by atoms with Crippen LogP contribution in [-0.2, 0) is 0 Å². The van der Waals surface area contributed by atoms with Crippen LogP contribution < -0.4 is 0 Å². The molecule has 0 spiro atoms. The summed E-state index contributed by atoms with van der Waals surface area (Å²) in [6, 6.07) is 0.767. The Balaban J connectivity index is 2.21. The highest BCUT2D eigenvalue weighted by molar-refractivity contribution is 5.90. The molecule has 1 saturated carbocycles. The summed E-state index contributed by atoms with van der Waals surface area (Å²) in [6.45, 7) is 0. The van der Waals surface area contributed by atoms with E-state index in [2.05, 4.69) is 4.99 Å². The van der Waals surface area contributed by atoms with Crippen LogP contribution in [0.5, 0.6) is 0 Å². The standard InChI is InChI=1S/C6H9N/c1-2-5-4-6(3-1)7-5/h5H,1-4H2. The lowest BCUT2D eigenvalue weighted by Crippen LogP contribution is -2.28. The van der Waals surface area contributed by atoms with E-state index in [4.69, 9.17) is 0 Å². The average Bonchev–Trinajstić information content (AvgIpc) is 1.67. The first-order chi connectivity index (χ1) is 3.45. The summed E-state index contributed by atoms with van der Waals surface area (Å²) in [5.74, 6) is 0. The van der Waals surface area contributed by atoms with Crippen LogP contribution in [0.1, 0.15) is 25.7 Å². The van der Waals surface area contributed by atoms with E-state index in [0.29, 0.717) is 0 Å². The molecule has 1 fully saturated rings. The fourth-order valence-corrected chi connectivity index (χ4v) is 1.39. The lowest BCUT2D eigenvalue weighted by Gasteiger charge is -2.29. The molecule has 1 aliphatic carbocycles. The molecule has 2 heterocycles. The summed E-state index contributed by atoms with van der Waals surface area (Å²) < 4.78 is 0. The van der Waals surface area contributed by atoms with Crippen LogP contribution in [0.15, 0.2) is 4.99 Å². The third-order valence-electron chi connectivity index (χ3n) is 1.84. The predicted octanol–water partition coefficient (Wildman–Crippen LogP) is 1.38. The van der Waals surface area contributed by atoms with Crippen molar-refractivity contribution in [3.63, 3.8) is 0 Å². The molecule has 0 radical (unpaired) electrons. The van der Waals surface area contributed by atoms with E-state index in [1.54, 1.807) is 0 Å². The lowest BCUT2D eigenvalue weighted by atomic mass is 9.88. The van der Waals surface area contributed by atoms with Gasteiger partial charge in [0.25, 0.3) is 0 Å². The van der Waals surface area contributed by atoms with Crippen LogP contribution in [0.25, 0.3) is 0 Å². The molecule has 0 N–H and O–H groups in total. The Hall–Kier alpha value is -0.330. The monoisotopic (exact) mass is 95.1 g/mol. The zero-order chi connectivity index (χ0) is 4.69. The minimum atomic E-state index is 0.767. The topological polar surface area (TPSA) is 12.4 Å². The largest absolute Gasteiger partial charge is 0.290 e.